The summed E-state index contributed by atoms with van der Waals surface area (Å²) in [6.07, 6.45) is 3.27. The summed E-state index contributed by atoms with van der Waals surface area (Å²) in [5.41, 5.74) is 0.947. The molecule has 1 aromatic heterocycles. The van der Waals surface area contributed by atoms with Gasteiger partial charge in [-0.3, -0.25) is 9.59 Å². The number of hydrogen-bond acceptors (Lipinski definition) is 3. The molecule has 0 aliphatic rings. The molecule has 3 aromatic rings. The van der Waals surface area contributed by atoms with E-state index in [1.165, 1.54) is 6.07 Å². The fourth-order valence-electron chi connectivity index (χ4n) is 2.47. The van der Waals surface area contributed by atoms with E-state index >= 15 is 0 Å². The second kappa shape index (κ2) is 8.04. The average Bonchev–Trinajstić information content (AvgIpc) is 3.04. The van der Waals surface area contributed by atoms with Crippen LogP contribution in [0.2, 0.25) is 15.1 Å². The van der Waals surface area contributed by atoms with Gasteiger partial charge >= 0.3 is 0 Å². The maximum Gasteiger partial charge on any atom is 0.182 e. The molecular formula is C19H13Cl3N2O2. The van der Waals surface area contributed by atoms with E-state index in [9.17, 15) is 9.59 Å². The van der Waals surface area contributed by atoms with E-state index in [1.807, 2.05) is 0 Å². The quantitative estimate of drug-likeness (QED) is 0.531. The van der Waals surface area contributed by atoms with Gasteiger partial charge in [0.1, 0.15) is 5.82 Å². The highest BCUT2D eigenvalue weighted by atomic mass is 35.5. The van der Waals surface area contributed by atoms with Gasteiger partial charge in [-0.2, -0.15) is 0 Å². The van der Waals surface area contributed by atoms with Crippen molar-refractivity contribution >= 4 is 46.4 Å². The molecule has 0 saturated heterocycles. The van der Waals surface area contributed by atoms with E-state index in [1.54, 1.807) is 53.4 Å². The Bertz CT molecular complexity index is 982. The summed E-state index contributed by atoms with van der Waals surface area (Å²) in [5, 5.41) is 1.20. The van der Waals surface area contributed by atoms with Crippen molar-refractivity contribution in [2.45, 2.75) is 13.0 Å². The molecule has 0 bridgehead atoms. The van der Waals surface area contributed by atoms with Crippen LogP contribution in [0.5, 0.6) is 0 Å². The normalized spacial score (nSPS) is 10.7. The molecule has 0 unspecified atom stereocenters. The average molecular weight is 408 g/mol. The van der Waals surface area contributed by atoms with Crippen LogP contribution in [0.1, 0.15) is 26.5 Å². The van der Waals surface area contributed by atoms with Gasteiger partial charge in [-0.05, 0) is 30.3 Å². The van der Waals surface area contributed by atoms with Gasteiger partial charge in [0.2, 0.25) is 0 Å². The van der Waals surface area contributed by atoms with E-state index < -0.39 is 0 Å². The fourth-order valence-corrected chi connectivity index (χ4v) is 2.96. The molecule has 26 heavy (non-hydrogen) atoms. The maximum atomic E-state index is 12.5. The Morgan fingerprint density at radius 3 is 2.42 bits per heavy atom. The predicted octanol–water partition coefficient (Wildman–Crippen LogP) is 5.15. The third-order valence-corrected chi connectivity index (χ3v) is 4.80. The Morgan fingerprint density at radius 1 is 0.923 bits per heavy atom. The molecule has 1 heterocycles. The number of benzene rings is 2. The van der Waals surface area contributed by atoms with Gasteiger partial charge in [0, 0.05) is 28.5 Å². The first-order chi connectivity index (χ1) is 12.4. The second-order valence-electron chi connectivity index (χ2n) is 5.63. The molecule has 2 aromatic carbocycles. The first kappa shape index (κ1) is 18.6. The number of hydrogen-bond donors (Lipinski definition) is 0. The van der Waals surface area contributed by atoms with Crippen molar-refractivity contribution in [2.24, 2.45) is 0 Å². The highest BCUT2D eigenvalue weighted by molar-refractivity contribution is 6.42. The van der Waals surface area contributed by atoms with Crippen LogP contribution in [-0.2, 0) is 13.0 Å². The zero-order valence-electron chi connectivity index (χ0n) is 13.5. The van der Waals surface area contributed by atoms with Crippen molar-refractivity contribution in [1.82, 2.24) is 9.55 Å². The number of carbonyl (C=O) groups is 2. The molecule has 3 rings (SSSR count). The molecule has 0 amide bonds. The van der Waals surface area contributed by atoms with Gasteiger partial charge in [0.05, 0.1) is 23.0 Å². The van der Waals surface area contributed by atoms with E-state index in [-0.39, 0.29) is 24.5 Å². The topological polar surface area (TPSA) is 52.0 Å². The molecule has 0 radical (unpaired) electrons. The molecule has 0 fully saturated rings. The largest absolute Gasteiger partial charge is 0.327 e. The van der Waals surface area contributed by atoms with Crippen molar-refractivity contribution in [3.63, 3.8) is 0 Å². The number of ketones is 2. The Labute approximate surface area is 165 Å². The zero-order chi connectivity index (χ0) is 18.7. The molecule has 0 aliphatic carbocycles. The number of imidazole rings is 1. The molecular weight excluding hydrogens is 395 g/mol. The number of nitrogens with zero attached hydrogens (tertiary/aromatic N) is 2. The summed E-state index contributed by atoms with van der Waals surface area (Å²) in [4.78, 5) is 29.1. The van der Waals surface area contributed by atoms with Gasteiger partial charge in [0.15, 0.2) is 11.6 Å². The number of rotatable bonds is 6. The molecule has 0 aliphatic heterocycles. The van der Waals surface area contributed by atoms with Crippen LogP contribution in [0.4, 0.5) is 0 Å². The van der Waals surface area contributed by atoms with Gasteiger partial charge in [-0.1, -0.05) is 46.9 Å². The lowest BCUT2D eigenvalue weighted by molar-refractivity contribution is 0.0958. The summed E-state index contributed by atoms with van der Waals surface area (Å²) < 4.78 is 1.65. The summed E-state index contributed by atoms with van der Waals surface area (Å²) in [7, 11) is 0. The minimum absolute atomic E-state index is 0.0494. The minimum atomic E-state index is -0.161. The minimum Gasteiger partial charge on any atom is -0.327 e. The Kier molecular flexibility index (Phi) is 5.77. The molecule has 0 N–H and O–H groups in total. The van der Waals surface area contributed by atoms with Crippen LogP contribution >= 0.6 is 34.8 Å². The summed E-state index contributed by atoms with van der Waals surface area (Å²) in [6.45, 7) is 0.0737. The molecule has 132 valence electrons. The van der Waals surface area contributed by atoms with Crippen LogP contribution in [0.15, 0.2) is 54.9 Å². The first-order valence-corrected chi connectivity index (χ1v) is 8.84. The van der Waals surface area contributed by atoms with E-state index in [4.69, 9.17) is 34.8 Å². The van der Waals surface area contributed by atoms with Crippen molar-refractivity contribution in [3.05, 3.63) is 86.9 Å². The SMILES string of the molecule is O=C(Cc1nccn1CC(=O)c1cccc(Cl)c1)c1ccc(Cl)c(Cl)c1. The number of carbonyl (C=O) groups excluding carboxylic acids is 2. The second-order valence-corrected chi connectivity index (χ2v) is 6.88. The molecule has 4 nitrogen and oxygen atoms in total. The number of halogens is 3. The molecule has 7 heteroatoms. The lowest BCUT2D eigenvalue weighted by Crippen LogP contribution is -2.15. The highest BCUT2D eigenvalue weighted by Crippen LogP contribution is 2.23. The Hall–Kier alpha value is -2.14. The predicted molar refractivity (Wildman–Crippen MR) is 103 cm³/mol. The van der Waals surface area contributed by atoms with Crippen molar-refractivity contribution in [1.29, 1.82) is 0 Å². The van der Waals surface area contributed by atoms with Crippen molar-refractivity contribution in [2.75, 3.05) is 0 Å². The van der Waals surface area contributed by atoms with Crippen LogP contribution in [0.3, 0.4) is 0 Å². The van der Waals surface area contributed by atoms with Gasteiger partial charge < -0.3 is 4.57 Å². The first-order valence-electron chi connectivity index (χ1n) is 7.71. The fraction of sp³-hybridized carbons (Fsp3) is 0.105. The highest BCUT2D eigenvalue weighted by Gasteiger charge is 2.15. The monoisotopic (exact) mass is 406 g/mol. The standard InChI is InChI=1S/C19H13Cl3N2O2/c20-14-3-1-2-12(8-14)18(26)11-24-7-6-23-19(24)10-17(25)13-4-5-15(21)16(22)9-13/h1-9H,10-11H2. The molecule has 0 saturated carbocycles. The summed E-state index contributed by atoms with van der Waals surface area (Å²) >= 11 is 17.8. The lowest BCUT2D eigenvalue weighted by atomic mass is 10.1. The van der Waals surface area contributed by atoms with Crippen LogP contribution in [-0.4, -0.2) is 21.1 Å². The van der Waals surface area contributed by atoms with Gasteiger partial charge in [0.25, 0.3) is 0 Å². The molecule has 0 spiro atoms. The van der Waals surface area contributed by atoms with Gasteiger partial charge in [-0.15, -0.1) is 0 Å². The summed E-state index contributed by atoms with van der Waals surface area (Å²) in [6, 6.07) is 11.5. The van der Waals surface area contributed by atoms with Gasteiger partial charge in [-0.25, -0.2) is 4.98 Å². The smallest absolute Gasteiger partial charge is 0.182 e. The van der Waals surface area contributed by atoms with E-state index in [0.717, 1.165) is 0 Å². The van der Waals surface area contributed by atoms with Crippen LogP contribution < -0.4 is 0 Å². The third-order valence-electron chi connectivity index (χ3n) is 3.82. The zero-order valence-corrected chi connectivity index (χ0v) is 15.7. The van der Waals surface area contributed by atoms with Crippen molar-refractivity contribution in [3.8, 4) is 0 Å². The number of Topliss-reactive ketones (excluding diaryl/α,β-unsaturated/α-hetero) is 2. The van der Waals surface area contributed by atoms with Crippen molar-refractivity contribution < 1.29 is 9.59 Å². The third kappa shape index (κ3) is 4.33. The Balaban J connectivity index is 1.75. The van der Waals surface area contributed by atoms with E-state index in [2.05, 4.69) is 4.98 Å². The number of aromatic nitrogens is 2. The Morgan fingerprint density at radius 2 is 1.69 bits per heavy atom. The lowest BCUT2D eigenvalue weighted by Gasteiger charge is -2.08. The van der Waals surface area contributed by atoms with E-state index in [0.29, 0.717) is 32.0 Å². The maximum absolute atomic E-state index is 12.5. The summed E-state index contributed by atoms with van der Waals surface area (Å²) in [5.74, 6) is 0.219. The van der Waals surface area contributed by atoms with Crippen LogP contribution in [0.25, 0.3) is 0 Å². The van der Waals surface area contributed by atoms with Crippen LogP contribution in [0, 0.1) is 0 Å². The molecule has 0 atom stereocenters.